The molecule has 0 bridgehead atoms. The van der Waals surface area contributed by atoms with Gasteiger partial charge in [-0.2, -0.15) is 0 Å². The second-order valence-corrected chi connectivity index (χ2v) is 6.00. The molecule has 21 heavy (non-hydrogen) atoms. The summed E-state index contributed by atoms with van der Waals surface area (Å²) < 4.78 is 10.2. The summed E-state index contributed by atoms with van der Waals surface area (Å²) in [5, 5.41) is 6.78. The van der Waals surface area contributed by atoms with Crippen molar-refractivity contribution in [2.24, 2.45) is 5.41 Å². The number of hydrogen-bond acceptors (Lipinski definition) is 5. The molecule has 114 valence electrons. The SMILES string of the molecule is CNc1cc(C(=O)OC)ccc1C1CC2(CCN1)COC2. The van der Waals surface area contributed by atoms with Crippen molar-refractivity contribution in [2.45, 2.75) is 18.9 Å². The van der Waals surface area contributed by atoms with Gasteiger partial charge in [0.2, 0.25) is 0 Å². The van der Waals surface area contributed by atoms with Gasteiger partial charge in [-0.1, -0.05) is 6.07 Å². The lowest BCUT2D eigenvalue weighted by molar-refractivity contribution is -0.134. The number of hydrogen-bond donors (Lipinski definition) is 2. The van der Waals surface area contributed by atoms with Crippen LogP contribution in [0.4, 0.5) is 5.69 Å². The Bertz CT molecular complexity index is 540. The van der Waals surface area contributed by atoms with Crippen molar-refractivity contribution in [3.63, 3.8) is 0 Å². The van der Waals surface area contributed by atoms with Gasteiger partial charge < -0.3 is 20.1 Å². The highest BCUT2D eigenvalue weighted by atomic mass is 16.5. The summed E-state index contributed by atoms with van der Waals surface area (Å²) in [5.74, 6) is -0.307. The molecule has 5 heteroatoms. The molecule has 1 aromatic rings. The van der Waals surface area contributed by atoms with Crippen LogP contribution >= 0.6 is 0 Å². The highest BCUT2D eigenvalue weighted by Gasteiger charge is 2.43. The third kappa shape index (κ3) is 2.63. The Labute approximate surface area is 125 Å². The molecule has 1 unspecified atom stereocenters. The molecule has 1 aromatic carbocycles. The number of esters is 1. The Morgan fingerprint density at radius 2 is 2.29 bits per heavy atom. The van der Waals surface area contributed by atoms with Crippen LogP contribution in [0, 0.1) is 5.41 Å². The van der Waals surface area contributed by atoms with Gasteiger partial charge in [0.15, 0.2) is 0 Å². The second kappa shape index (κ2) is 5.66. The number of methoxy groups -OCH3 is 1. The monoisotopic (exact) mass is 290 g/mol. The molecule has 2 heterocycles. The first-order valence-corrected chi connectivity index (χ1v) is 7.39. The highest BCUT2D eigenvalue weighted by molar-refractivity contribution is 5.90. The minimum absolute atomic E-state index is 0.303. The molecule has 2 aliphatic rings. The summed E-state index contributed by atoms with van der Waals surface area (Å²) in [5.41, 5.74) is 3.11. The molecule has 2 N–H and O–H groups in total. The summed E-state index contributed by atoms with van der Waals surface area (Å²) in [6.45, 7) is 2.76. The van der Waals surface area contributed by atoms with Gasteiger partial charge in [-0.05, 0) is 37.1 Å². The fraction of sp³-hybridized carbons (Fsp3) is 0.562. The van der Waals surface area contributed by atoms with Crippen molar-refractivity contribution in [3.05, 3.63) is 29.3 Å². The van der Waals surface area contributed by atoms with Gasteiger partial charge in [-0.15, -0.1) is 0 Å². The fourth-order valence-electron chi connectivity index (χ4n) is 3.31. The van der Waals surface area contributed by atoms with Crippen molar-refractivity contribution < 1.29 is 14.3 Å². The zero-order valence-electron chi connectivity index (χ0n) is 12.6. The van der Waals surface area contributed by atoms with Gasteiger partial charge in [-0.3, -0.25) is 0 Å². The van der Waals surface area contributed by atoms with Gasteiger partial charge in [0.05, 0.1) is 25.9 Å². The van der Waals surface area contributed by atoms with Gasteiger partial charge in [0.1, 0.15) is 0 Å². The average Bonchev–Trinajstić information content (AvgIpc) is 2.52. The van der Waals surface area contributed by atoms with Crippen LogP contribution in [0.1, 0.15) is 34.8 Å². The van der Waals surface area contributed by atoms with Gasteiger partial charge >= 0.3 is 5.97 Å². The van der Waals surface area contributed by atoms with Gasteiger partial charge in [0.25, 0.3) is 0 Å². The van der Waals surface area contributed by atoms with E-state index in [1.807, 2.05) is 25.2 Å². The molecule has 1 atom stereocenters. The van der Waals surface area contributed by atoms with Crippen molar-refractivity contribution in [1.29, 1.82) is 0 Å². The minimum Gasteiger partial charge on any atom is -0.465 e. The fourth-order valence-corrected chi connectivity index (χ4v) is 3.31. The molecule has 5 nitrogen and oxygen atoms in total. The number of carbonyl (C=O) groups excluding carboxylic acids is 1. The predicted molar refractivity (Wildman–Crippen MR) is 80.6 cm³/mol. The Kier molecular flexibility index (Phi) is 3.87. The third-order valence-electron chi connectivity index (χ3n) is 4.62. The normalized spacial score (nSPS) is 23.4. The average molecular weight is 290 g/mol. The number of rotatable bonds is 3. The van der Waals surface area contributed by atoms with E-state index < -0.39 is 0 Å². The topological polar surface area (TPSA) is 59.6 Å². The summed E-state index contributed by atoms with van der Waals surface area (Å²) in [6.07, 6.45) is 2.26. The van der Waals surface area contributed by atoms with E-state index in [0.717, 1.165) is 31.9 Å². The first-order chi connectivity index (χ1) is 10.2. The van der Waals surface area contributed by atoms with Crippen LogP contribution in [-0.2, 0) is 9.47 Å². The smallest absolute Gasteiger partial charge is 0.337 e. The first-order valence-electron chi connectivity index (χ1n) is 7.39. The van der Waals surface area contributed by atoms with E-state index in [4.69, 9.17) is 9.47 Å². The first kappa shape index (κ1) is 14.4. The summed E-state index contributed by atoms with van der Waals surface area (Å²) in [6, 6.07) is 6.02. The summed E-state index contributed by atoms with van der Waals surface area (Å²) in [4.78, 5) is 11.6. The Morgan fingerprint density at radius 3 is 2.90 bits per heavy atom. The predicted octanol–water partition coefficient (Wildman–Crippen LogP) is 1.96. The molecule has 0 saturated carbocycles. The van der Waals surface area contributed by atoms with Crippen LogP contribution < -0.4 is 10.6 Å². The molecule has 2 aliphatic heterocycles. The van der Waals surface area contributed by atoms with Crippen molar-refractivity contribution in [2.75, 3.05) is 39.2 Å². The zero-order chi connectivity index (χ0) is 14.9. The lowest BCUT2D eigenvalue weighted by Gasteiger charge is -2.47. The maximum Gasteiger partial charge on any atom is 0.337 e. The molecule has 0 radical (unpaired) electrons. The third-order valence-corrected chi connectivity index (χ3v) is 4.62. The molecular formula is C16H22N2O3. The Morgan fingerprint density at radius 1 is 1.48 bits per heavy atom. The molecule has 2 fully saturated rings. The Balaban J connectivity index is 1.85. The van der Waals surface area contributed by atoms with E-state index in [1.165, 1.54) is 19.1 Å². The van der Waals surface area contributed by atoms with Crippen molar-refractivity contribution in [1.82, 2.24) is 5.32 Å². The van der Waals surface area contributed by atoms with E-state index in [9.17, 15) is 4.79 Å². The summed E-state index contributed by atoms with van der Waals surface area (Å²) >= 11 is 0. The van der Waals surface area contributed by atoms with E-state index in [2.05, 4.69) is 10.6 Å². The number of carbonyl (C=O) groups is 1. The van der Waals surface area contributed by atoms with E-state index >= 15 is 0 Å². The molecular weight excluding hydrogens is 268 g/mol. The number of anilines is 1. The van der Waals surface area contributed by atoms with Gasteiger partial charge in [0, 0.05) is 24.2 Å². The maximum atomic E-state index is 11.6. The van der Waals surface area contributed by atoms with Crippen LogP contribution in [0.2, 0.25) is 0 Å². The largest absolute Gasteiger partial charge is 0.465 e. The Hall–Kier alpha value is -1.59. The molecule has 1 spiro atoms. The van der Waals surface area contributed by atoms with E-state index in [1.54, 1.807) is 0 Å². The van der Waals surface area contributed by atoms with Gasteiger partial charge in [-0.25, -0.2) is 4.79 Å². The van der Waals surface area contributed by atoms with Crippen molar-refractivity contribution in [3.8, 4) is 0 Å². The minimum atomic E-state index is -0.307. The number of piperidine rings is 1. The number of benzene rings is 1. The molecule has 0 aliphatic carbocycles. The van der Waals surface area contributed by atoms with E-state index in [0.29, 0.717) is 17.0 Å². The highest BCUT2D eigenvalue weighted by Crippen LogP contribution is 2.43. The van der Waals surface area contributed by atoms with Crippen LogP contribution in [-0.4, -0.2) is 39.9 Å². The lowest BCUT2D eigenvalue weighted by atomic mass is 9.73. The maximum absolute atomic E-state index is 11.6. The zero-order valence-corrected chi connectivity index (χ0v) is 12.6. The van der Waals surface area contributed by atoms with Crippen molar-refractivity contribution >= 4 is 11.7 Å². The van der Waals surface area contributed by atoms with Crippen LogP contribution in [0.15, 0.2) is 18.2 Å². The summed E-state index contributed by atoms with van der Waals surface area (Å²) in [7, 11) is 3.28. The molecule has 0 amide bonds. The van der Waals surface area contributed by atoms with Crippen LogP contribution in [0.5, 0.6) is 0 Å². The molecule has 3 rings (SSSR count). The lowest BCUT2D eigenvalue weighted by Crippen LogP contribution is -2.50. The van der Waals surface area contributed by atoms with Crippen LogP contribution in [0.3, 0.4) is 0 Å². The molecule has 2 saturated heterocycles. The number of nitrogens with one attached hydrogen (secondary N) is 2. The molecule has 0 aromatic heterocycles. The van der Waals surface area contributed by atoms with E-state index in [-0.39, 0.29) is 5.97 Å². The standard InChI is InChI=1S/C16H22N2O3/c1-17-13-7-11(15(19)20-2)3-4-12(13)14-8-16(5-6-18-14)9-21-10-16/h3-4,7,14,17-18H,5-6,8-10H2,1-2H3. The number of ether oxygens (including phenoxy) is 2. The van der Waals surface area contributed by atoms with Crippen LogP contribution in [0.25, 0.3) is 0 Å². The quantitative estimate of drug-likeness (QED) is 0.833. The second-order valence-electron chi connectivity index (χ2n) is 6.00.